The third-order valence-electron chi connectivity index (χ3n) is 1.19. The summed E-state index contributed by atoms with van der Waals surface area (Å²) in [5.74, 6) is 0.297. The molecule has 0 N–H and O–H groups in total. The molecule has 0 radical (unpaired) electrons. The molecule has 0 aliphatic carbocycles. The summed E-state index contributed by atoms with van der Waals surface area (Å²) < 4.78 is 23.9. The minimum atomic E-state index is -0.248. The summed E-state index contributed by atoms with van der Waals surface area (Å²) in [7, 11) is 0. The third-order valence-corrected chi connectivity index (χ3v) is 1.57. The molecule has 0 bridgehead atoms. The van der Waals surface area contributed by atoms with E-state index in [1.54, 1.807) is 0 Å². The maximum atomic E-state index is 7.53. The number of hydrogen-bond acceptors (Lipinski definition) is 3. The maximum absolute atomic E-state index is 7.53. The first-order valence-electron chi connectivity index (χ1n) is 4.60. The molecule has 0 aliphatic heterocycles. The summed E-state index contributed by atoms with van der Waals surface area (Å²) in [5, 5.41) is 0. The molecule has 0 atom stereocenters. The Hall–Kier alpha value is -1.23. The summed E-state index contributed by atoms with van der Waals surface area (Å²) in [6.45, 7) is 0. The molecule has 2 aromatic rings. The van der Waals surface area contributed by atoms with Crippen molar-refractivity contribution in [2.45, 2.75) is 0 Å². The summed E-state index contributed by atoms with van der Waals surface area (Å²) in [5.41, 5.74) is 0. The van der Waals surface area contributed by atoms with Crippen LogP contribution in [0.3, 0.4) is 0 Å². The number of hydrogen-bond donors (Lipinski definition) is 0. The molecule has 0 fully saturated rings. The van der Waals surface area contributed by atoms with E-state index in [0.29, 0.717) is 10.4 Å². The van der Waals surface area contributed by atoms with Crippen LogP contribution in [0.5, 0.6) is 0 Å². The van der Waals surface area contributed by atoms with Crippen molar-refractivity contribution < 1.29 is 4.11 Å². The Morgan fingerprint density at radius 1 is 1.42 bits per heavy atom. The smallest absolute Gasteiger partial charge is 0.157 e. The highest BCUT2D eigenvalue weighted by atomic mass is 79.9. The van der Waals surface area contributed by atoms with E-state index in [1.165, 1.54) is 12.4 Å². The van der Waals surface area contributed by atoms with Crippen molar-refractivity contribution in [3.63, 3.8) is 0 Å². The Balaban J connectivity index is 2.63. The van der Waals surface area contributed by atoms with Crippen LogP contribution in [0.15, 0.2) is 35.6 Å². The van der Waals surface area contributed by atoms with Gasteiger partial charge in [-0.1, -0.05) is 0 Å². The van der Waals surface area contributed by atoms with Gasteiger partial charge >= 0.3 is 0 Å². The van der Waals surface area contributed by atoms with Crippen molar-refractivity contribution >= 4 is 15.9 Å². The van der Waals surface area contributed by atoms with Gasteiger partial charge in [-0.2, -0.15) is 0 Å². The topological polar surface area (TPSA) is 43.6 Å². The Bertz CT molecular complexity index is 513. The van der Waals surface area contributed by atoms with Gasteiger partial charge < -0.3 is 0 Å². The highest BCUT2D eigenvalue weighted by Gasteiger charge is 1.96. The SMILES string of the molecule is [2H]c1nc([2H])n(-c2cncc(Br)n2)c1[2H]. The molecule has 5 heteroatoms. The van der Waals surface area contributed by atoms with Crippen LogP contribution in [0, 0.1) is 0 Å². The van der Waals surface area contributed by atoms with Gasteiger partial charge in [0, 0.05) is 12.3 Å². The average molecular weight is 228 g/mol. The zero-order valence-electron chi connectivity index (χ0n) is 8.82. The quantitative estimate of drug-likeness (QED) is 0.741. The van der Waals surface area contributed by atoms with Crippen LogP contribution in [-0.4, -0.2) is 19.5 Å². The summed E-state index contributed by atoms with van der Waals surface area (Å²) in [6.07, 6.45) is 2.28. The number of nitrogens with zero attached hydrogens (tertiary/aromatic N) is 4. The molecule has 0 saturated carbocycles. The second-order valence-corrected chi connectivity index (χ2v) is 2.78. The second kappa shape index (κ2) is 3.02. The lowest BCUT2D eigenvalue weighted by Crippen LogP contribution is -1.94. The number of aromatic nitrogens is 4. The molecule has 0 unspecified atom stereocenters. The fraction of sp³-hybridized carbons (Fsp3) is 0. The Morgan fingerprint density at radius 3 is 3.00 bits per heavy atom. The molecule has 0 spiro atoms. The first kappa shape index (κ1) is 4.71. The normalized spacial score (nSPS) is 13.6. The van der Waals surface area contributed by atoms with Gasteiger partial charge in [0.2, 0.25) is 0 Å². The molecular formula is C7H5BrN4. The predicted octanol–water partition coefficient (Wildman–Crippen LogP) is 1.42. The van der Waals surface area contributed by atoms with Gasteiger partial charge in [-0.15, -0.1) is 0 Å². The Kier molecular flexibility index (Phi) is 1.19. The molecule has 2 heterocycles. The van der Waals surface area contributed by atoms with Crippen LogP contribution in [0.4, 0.5) is 0 Å². The van der Waals surface area contributed by atoms with Gasteiger partial charge in [0.25, 0.3) is 0 Å². The molecule has 2 aromatic heterocycles. The van der Waals surface area contributed by atoms with Crippen LogP contribution >= 0.6 is 15.9 Å². The van der Waals surface area contributed by atoms with Gasteiger partial charge in [0.15, 0.2) is 5.82 Å². The Labute approximate surface area is 81.6 Å². The van der Waals surface area contributed by atoms with Crippen molar-refractivity contribution in [3.8, 4) is 5.82 Å². The highest BCUT2D eigenvalue weighted by molar-refractivity contribution is 9.10. The molecule has 0 aliphatic rings. The molecule has 4 nitrogen and oxygen atoms in total. The fourth-order valence-corrected chi connectivity index (χ4v) is 1.02. The van der Waals surface area contributed by atoms with Crippen LogP contribution in [0.25, 0.3) is 5.82 Å². The van der Waals surface area contributed by atoms with Crippen molar-refractivity contribution in [3.05, 3.63) is 35.6 Å². The van der Waals surface area contributed by atoms with E-state index in [0.717, 1.165) is 4.57 Å². The maximum Gasteiger partial charge on any atom is 0.157 e. The lowest BCUT2D eigenvalue weighted by molar-refractivity contribution is 0.960. The molecule has 12 heavy (non-hydrogen) atoms. The van der Waals surface area contributed by atoms with Crippen LogP contribution in [0.1, 0.15) is 4.11 Å². The zero-order chi connectivity index (χ0) is 11.0. The summed E-state index contributed by atoms with van der Waals surface area (Å²) in [6, 6.07) is 0. The monoisotopic (exact) mass is 227 g/mol. The van der Waals surface area contributed by atoms with Gasteiger partial charge in [-0.3, -0.25) is 9.55 Å². The second-order valence-electron chi connectivity index (χ2n) is 1.97. The molecule has 60 valence electrons. The lowest BCUT2D eigenvalue weighted by Gasteiger charge is -1.98. The summed E-state index contributed by atoms with van der Waals surface area (Å²) >= 11 is 3.14. The standard InChI is InChI=1S/C7H5BrN4/c8-6-3-10-4-7(11-6)12-2-1-9-5-12/h1-5H/i1D,2D,5D. The Morgan fingerprint density at radius 2 is 2.33 bits per heavy atom. The van der Waals surface area contributed by atoms with E-state index < -0.39 is 0 Å². The summed E-state index contributed by atoms with van der Waals surface area (Å²) in [4.78, 5) is 11.4. The largest absolute Gasteiger partial charge is 0.289 e. The molecule has 0 amide bonds. The van der Waals surface area contributed by atoms with E-state index in [9.17, 15) is 0 Å². The molecular weight excluding hydrogens is 220 g/mol. The first-order valence-corrected chi connectivity index (χ1v) is 3.89. The molecule has 2 rings (SSSR count). The lowest BCUT2D eigenvalue weighted by atomic mass is 10.6. The minimum absolute atomic E-state index is 0.174. The van der Waals surface area contributed by atoms with Crippen molar-refractivity contribution in [2.75, 3.05) is 0 Å². The average Bonchev–Trinajstić information content (AvgIpc) is 2.41. The molecule has 0 aromatic carbocycles. The molecule has 0 saturated heterocycles. The predicted molar refractivity (Wildman–Crippen MR) is 46.9 cm³/mol. The van der Waals surface area contributed by atoms with Gasteiger partial charge in [-0.25, -0.2) is 9.97 Å². The van der Waals surface area contributed by atoms with Gasteiger partial charge in [0.05, 0.1) is 15.1 Å². The minimum Gasteiger partial charge on any atom is -0.289 e. The van der Waals surface area contributed by atoms with E-state index in [1.807, 2.05) is 0 Å². The van der Waals surface area contributed by atoms with Gasteiger partial charge in [0.1, 0.15) is 12.3 Å². The van der Waals surface area contributed by atoms with Gasteiger partial charge in [-0.05, 0) is 15.9 Å². The van der Waals surface area contributed by atoms with E-state index in [-0.39, 0.29) is 18.6 Å². The van der Waals surface area contributed by atoms with Crippen LogP contribution in [0.2, 0.25) is 0 Å². The first-order chi connectivity index (χ1) is 7.09. The number of rotatable bonds is 1. The van der Waals surface area contributed by atoms with Crippen molar-refractivity contribution in [1.82, 2.24) is 19.5 Å². The highest BCUT2D eigenvalue weighted by Crippen LogP contribution is 2.06. The fourth-order valence-electron chi connectivity index (χ4n) is 0.724. The zero-order valence-corrected chi connectivity index (χ0v) is 7.41. The third kappa shape index (κ3) is 1.35. The van der Waals surface area contributed by atoms with Crippen molar-refractivity contribution in [2.24, 2.45) is 0 Å². The van der Waals surface area contributed by atoms with E-state index in [4.69, 9.17) is 4.11 Å². The van der Waals surface area contributed by atoms with Crippen LogP contribution in [-0.2, 0) is 0 Å². The number of imidazole rings is 1. The van der Waals surface area contributed by atoms with E-state index >= 15 is 0 Å². The number of halogens is 1. The van der Waals surface area contributed by atoms with E-state index in [2.05, 4.69) is 30.9 Å². The van der Waals surface area contributed by atoms with Crippen molar-refractivity contribution in [1.29, 1.82) is 0 Å². The van der Waals surface area contributed by atoms with Crippen LogP contribution < -0.4 is 0 Å².